The lowest BCUT2D eigenvalue weighted by molar-refractivity contribution is -0.119. The molecule has 0 aliphatic carbocycles. The van der Waals surface area contributed by atoms with Crippen molar-refractivity contribution in [2.45, 2.75) is 37.5 Å². The molecule has 4 nitrogen and oxygen atoms in total. The van der Waals surface area contributed by atoms with Gasteiger partial charge in [-0.25, -0.2) is 0 Å². The Bertz CT molecular complexity index is 515. The maximum absolute atomic E-state index is 12.2. The predicted octanol–water partition coefficient (Wildman–Crippen LogP) is 2.84. The van der Waals surface area contributed by atoms with Crippen molar-refractivity contribution >= 4 is 28.3 Å². The molecule has 1 aliphatic heterocycles. The number of halogens is 1. The van der Waals surface area contributed by atoms with E-state index in [1.165, 1.54) is 0 Å². The number of carbonyl (C=O) groups is 1. The highest BCUT2D eigenvalue weighted by atomic mass is 35.5. The van der Waals surface area contributed by atoms with Crippen LogP contribution in [0.3, 0.4) is 0 Å². The van der Waals surface area contributed by atoms with E-state index in [4.69, 9.17) is 16.3 Å². The van der Waals surface area contributed by atoms with Gasteiger partial charge in [-0.15, -0.1) is 0 Å². The van der Waals surface area contributed by atoms with Crippen LogP contribution in [0.4, 0.5) is 0 Å². The van der Waals surface area contributed by atoms with Gasteiger partial charge in [0, 0.05) is 34.3 Å². The van der Waals surface area contributed by atoms with E-state index in [1.807, 2.05) is 31.2 Å². The smallest absolute Gasteiger partial charge is 0.233 e. The second kappa shape index (κ2) is 8.65. The Morgan fingerprint density at radius 1 is 1.36 bits per heavy atom. The summed E-state index contributed by atoms with van der Waals surface area (Å²) in [4.78, 5) is 12.1. The van der Waals surface area contributed by atoms with E-state index in [2.05, 4.69) is 5.32 Å². The summed E-state index contributed by atoms with van der Waals surface area (Å²) >= 11 is 5.88. The van der Waals surface area contributed by atoms with E-state index in [0.29, 0.717) is 18.2 Å². The summed E-state index contributed by atoms with van der Waals surface area (Å²) < 4.78 is 17.5. The molecule has 0 aromatic heterocycles. The molecule has 1 saturated heterocycles. The van der Waals surface area contributed by atoms with Crippen molar-refractivity contribution in [3.05, 3.63) is 34.9 Å². The zero-order valence-corrected chi connectivity index (χ0v) is 14.3. The fraction of sp³-hybridized carbons (Fsp3) is 0.562. The Morgan fingerprint density at radius 3 is 2.59 bits per heavy atom. The molecule has 0 saturated carbocycles. The first-order valence-electron chi connectivity index (χ1n) is 7.60. The molecular weight excluding hydrogens is 322 g/mol. The minimum absolute atomic E-state index is 0.0642. The molecule has 0 radical (unpaired) electrons. The molecule has 0 unspecified atom stereocenters. The number of rotatable bonds is 6. The fourth-order valence-electron chi connectivity index (χ4n) is 2.54. The highest BCUT2D eigenvalue weighted by Gasteiger charge is 2.23. The lowest BCUT2D eigenvalue weighted by atomic mass is 10.0. The highest BCUT2D eigenvalue weighted by molar-refractivity contribution is 7.86. The normalized spacial score (nSPS) is 18.6. The van der Waals surface area contributed by atoms with Crippen LogP contribution >= 0.6 is 11.6 Å². The summed E-state index contributed by atoms with van der Waals surface area (Å²) in [6.07, 6.45) is 2.32. The third-order valence-electron chi connectivity index (χ3n) is 3.83. The molecular formula is C16H22ClNO3S. The maximum Gasteiger partial charge on any atom is 0.233 e. The predicted molar refractivity (Wildman–Crippen MR) is 89.5 cm³/mol. The lowest BCUT2D eigenvalue weighted by Crippen LogP contribution is -2.35. The summed E-state index contributed by atoms with van der Waals surface area (Å²) in [5, 5.41) is 3.72. The number of benzene rings is 1. The van der Waals surface area contributed by atoms with E-state index < -0.39 is 10.8 Å². The summed E-state index contributed by atoms with van der Waals surface area (Å²) in [6, 6.07) is 7.37. The monoisotopic (exact) mass is 343 g/mol. The molecule has 2 rings (SSSR count). The van der Waals surface area contributed by atoms with Crippen molar-refractivity contribution in [1.29, 1.82) is 0 Å². The SMILES string of the molecule is CC[C@H](NC(=O)C[S@@](=O)C1CCOCC1)c1ccc(Cl)cc1. The molecule has 122 valence electrons. The summed E-state index contributed by atoms with van der Waals surface area (Å²) in [7, 11) is -1.13. The molecule has 1 aromatic rings. The zero-order valence-electron chi connectivity index (χ0n) is 12.7. The van der Waals surface area contributed by atoms with E-state index >= 15 is 0 Å². The van der Waals surface area contributed by atoms with Gasteiger partial charge in [0.2, 0.25) is 5.91 Å². The number of nitrogens with one attached hydrogen (secondary N) is 1. The lowest BCUT2D eigenvalue weighted by Gasteiger charge is -2.22. The Hall–Kier alpha value is -0.910. The van der Waals surface area contributed by atoms with Gasteiger partial charge in [0.25, 0.3) is 0 Å². The van der Waals surface area contributed by atoms with Gasteiger partial charge >= 0.3 is 0 Å². The summed E-state index contributed by atoms with van der Waals surface area (Å²) in [5.41, 5.74) is 1.01. The summed E-state index contributed by atoms with van der Waals surface area (Å²) in [6.45, 7) is 3.29. The largest absolute Gasteiger partial charge is 0.381 e. The maximum atomic E-state index is 12.2. The standard InChI is InChI=1S/C16H22ClNO3S/c1-2-15(12-3-5-13(17)6-4-12)18-16(19)11-22(20)14-7-9-21-10-8-14/h3-6,14-15H,2,7-11H2,1H3,(H,18,19)/t15-,22+/m0/s1. The molecule has 1 N–H and O–H groups in total. The Balaban J connectivity index is 1.88. The van der Waals surface area contributed by atoms with Crippen LogP contribution in [0, 0.1) is 0 Å². The van der Waals surface area contributed by atoms with Crippen LogP contribution in [-0.4, -0.2) is 34.3 Å². The molecule has 0 spiro atoms. The van der Waals surface area contributed by atoms with Gasteiger partial charge in [-0.05, 0) is 37.0 Å². The van der Waals surface area contributed by atoms with Crippen molar-refractivity contribution in [2.75, 3.05) is 19.0 Å². The van der Waals surface area contributed by atoms with Gasteiger partial charge in [0.15, 0.2) is 0 Å². The van der Waals surface area contributed by atoms with Crippen LogP contribution in [-0.2, 0) is 20.3 Å². The number of hydrogen-bond donors (Lipinski definition) is 1. The Labute approximate surface area is 139 Å². The van der Waals surface area contributed by atoms with Gasteiger partial charge in [-0.1, -0.05) is 30.7 Å². The Morgan fingerprint density at radius 2 is 2.00 bits per heavy atom. The molecule has 1 aliphatic rings. The van der Waals surface area contributed by atoms with Crippen molar-refractivity contribution < 1.29 is 13.7 Å². The average molecular weight is 344 g/mol. The molecule has 1 amide bonds. The van der Waals surface area contributed by atoms with Crippen molar-refractivity contribution in [3.8, 4) is 0 Å². The first kappa shape index (κ1) is 17.4. The van der Waals surface area contributed by atoms with Gasteiger partial charge < -0.3 is 10.1 Å². The van der Waals surface area contributed by atoms with E-state index in [9.17, 15) is 9.00 Å². The van der Waals surface area contributed by atoms with Crippen LogP contribution < -0.4 is 5.32 Å². The third-order valence-corrected chi connectivity index (χ3v) is 5.84. The number of amides is 1. The van der Waals surface area contributed by atoms with Crippen LogP contribution in [0.1, 0.15) is 37.8 Å². The van der Waals surface area contributed by atoms with Crippen molar-refractivity contribution in [1.82, 2.24) is 5.32 Å². The first-order chi connectivity index (χ1) is 10.6. The second-order valence-electron chi connectivity index (χ2n) is 5.42. The molecule has 1 aromatic carbocycles. The van der Waals surface area contributed by atoms with Crippen LogP contribution in [0.2, 0.25) is 5.02 Å². The average Bonchev–Trinajstić information content (AvgIpc) is 2.54. The molecule has 22 heavy (non-hydrogen) atoms. The van der Waals surface area contributed by atoms with Gasteiger partial charge in [-0.2, -0.15) is 0 Å². The topological polar surface area (TPSA) is 55.4 Å². The van der Waals surface area contributed by atoms with E-state index in [0.717, 1.165) is 24.8 Å². The third kappa shape index (κ3) is 5.07. The highest BCUT2D eigenvalue weighted by Crippen LogP contribution is 2.19. The number of carbonyl (C=O) groups excluding carboxylic acids is 1. The minimum atomic E-state index is -1.13. The number of hydrogen-bond acceptors (Lipinski definition) is 3. The molecule has 0 bridgehead atoms. The summed E-state index contributed by atoms with van der Waals surface area (Å²) in [5.74, 6) is -0.0963. The van der Waals surface area contributed by atoms with Crippen LogP contribution in [0.15, 0.2) is 24.3 Å². The van der Waals surface area contributed by atoms with Gasteiger partial charge in [-0.3, -0.25) is 9.00 Å². The van der Waals surface area contributed by atoms with E-state index in [-0.39, 0.29) is 23.0 Å². The second-order valence-corrected chi connectivity index (χ2v) is 7.57. The number of ether oxygens (including phenoxy) is 1. The molecule has 6 heteroatoms. The van der Waals surface area contributed by atoms with Crippen LogP contribution in [0.5, 0.6) is 0 Å². The fourth-order valence-corrected chi connectivity index (χ4v) is 3.96. The van der Waals surface area contributed by atoms with E-state index in [1.54, 1.807) is 0 Å². The molecule has 1 fully saturated rings. The van der Waals surface area contributed by atoms with Crippen molar-refractivity contribution in [2.24, 2.45) is 0 Å². The van der Waals surface area contributed by atoms with Crippen molar-refractivity contribution in [3.63, 3.8) is 0 Å². The first-order valence-corrected chi connectivity index (χ1v) is 9.36. The molecule has 2 atom stereocenters. The minimum Gasteiger partial charge on any atom is -0.381 e. The quantitative estimate of drug-likeness (QED) is 0.864. The Kier molecular flexibility index (Phi) is 6.86. The van der Waals surface area contributed by atoms with Crippen LogP contribution in [0.25, 0.3) is 0 Å². The molecule has 1 heterocycles. The van der Waals surface area contributed by atoms with Gasteiger partial charge in [0.05, 0.1) is 6.04 Å². The van der Waals surface area contributed by atoms with Gasteiger partial charge in [0.1, 0.15) is 5.75 Å². The zero-order chi connectivity index (χ0) is 15.9.